The van der Waals surface area contributed by atoms with Crippen LogP contribution in [0.25, 0.3) is 0 Å². The fraction of sp³-hybridized carbons (Fsp3) is 0.545. The molecule has 1 heteroatoms. The molecule has 1 nitrogen and oxygen atoms in total. The van der Waals surface area contributed by atoms with Crippen molar-refractivity contribution >= 4 is 0 Å². The van der Waals surface area contributed by atoms with E-state index in [0.29, 0.717) is 0 Å². The number of hydrogen-bond donors (Lipinski definition) is 0. The Hall–Kier alpha value is -0.850. The number of fused-ring (bicyclic) bond motifs is 1. The van der Waals surface area contributed by atoms with Gasteiger partial charge in [-0.05, 0) is 48.8 Å². The summed E-state index contributed by atoms with van der Waals surface area (Å²) in [5.41, 5.74) is 4.41. The van der Waals surface area contributed by atoms with Crippen molar-refractivity contribution in [2.45, 2.75) is 33.1 Å². The van der Waals surface area contributed by atoms with Crippen molar-refractivity contribution in [3.63, 3.8) is 0 Å². The molecule has 0 aromatic carbocycles. The monoisotopic (exact) mass is 161 g/mol. The summed E-state index contributed by atoms with van der Waals surface area (Å²) in [6.45, 7) is 4.51. The molecule has 1 aromatic heterocycles. The standard InChI is InChI=1S/C11H15N/c1-8-3-4-10-7-12-6-9(2)11(10)5-8/h6-8H,3-5H2,1-2H3. The summed E-state index contributed by atoms with van der Waals surface area (Å²) in [6.07, 6.45) is 7.83. The van der Waals surface area contributed by atoms with Gasteiger partial charge < -0.3 is 0 Å². The first-order valence-corrected chi connectivity index (χ1v) is 4.69. The summed E-state index contributed by atoms with van der Waals surface area (Å²) in [4.78, 5) is 4.22. The number of aryl methyl sites for hydroxylation is 2. The smallest absolute Gasteiger partial charge is 0.0302 e. The van der Waals surface area contributed by atoms with Gasteiger partial charge in [0.15, 0.2) is 0 Å². The maximum atomic E-state index is 4.22. The fourth-order valence-electron chi connectivity index (χ4n) is 2.01. The van der Waals surface area contributed by atoms with E-state index in [1.807, 2.05) is 12.4 Å². The zero-order chi connectivity index (χ0) is 8.55. The molecule has 0 fully saturated rings. The Morgan fingerprint density at radius 3 is 3.08 bits per heavy atom. The van der Waals surface area contributed by atoms with Crippen molar-refractivity contribution in [3.8, 4) is 0 Å². The van der Waals surface area contributed by atoms with Gasteiger partial charge in [0.2, 0.25) is 0 Å². The van der Waals surface area contributed by atoms with E-state index >= 15 is 0 Å². The van der Waals surface area contributed by atoms with E-state index in [0.717, 1.165) is 5.92 Å². The molecule has 0 spiro atoms. The summed E-state index contributed by atoms with van der Waals surface area (Å²) < 4.78 is 0. The first-order valence-electron chi connectivity index (χ1n) is 4.69. The third-order valence-electron chi connectivity index (χ3n) is 2.82. The quantitative estimate of drug-likeness (QED) is 0.569. The second-order valence-electron chi connectivity index (χ2n) is 3.94. The van der Waals surface area contributed by atoms with Crippen LogP contribution in [0.1, 0.15) is 30.0 Å². The summed E-state index contributed by atoms with van der Waals surface area (Å²) in [6, 6.07) is 0. The maximum absolute atomic E-state index is 4.22. The van der Waals surface area contributed by atoms with Crippen LogP contribution in [0.3, 0.4) is 0 Å². The van der Waals surface area contributed by atoms with Crippen LogP contribution < -0.4 is 0 Å². The molecule has 0 radical (unpaired) electrons. The molecule has 2 rings (SSSR count). The minimum atomic E-state index is 0.860. The summed E-state index contributed by atoms with van der Waals surface area (Å²) >= 11 is 0. The molecule has 64 valence electrons. The van der Waals surface area contributed by atoms with Crippen molar-refractivity contribution in [2.75, 3.05) is 0 Å². The average molecular weight is 161 g/mol. The first kappa shape index (κ1) is 7.78. The number of rotatable bonds is 0. The minimum absolute atomic E-state index is 0.860. The lowest BCUT2D eigenvalue weighted by molar-refractivity contribution is 0.498. The topological polar surface area (TPSA) is 12.9 Å². The van der Waals surface area contributed by atoms with Crippen LogP contribution in [0.2, 0.25) is 0 Å². The summed E-state index contributed by atoms with van der Waals surface area (Å²) in [5, 5.41) is 0. The van der Waals surface area contributed by atoms with Gasteiger partial charge in [0.1, 0.15) is 0 Å². The molecule has 0 saturated heterocycles. The minimum Gasteiger partial charge on any atom is -0.264 e. The maximum Gasteiger partial charge on any atom is 0.0302 e. The number of nitrogens with zero attached hydrogens (tertiary/aromatic N) is 1. The number of hydrogen-bond acceptors (Lipinski definition) is 1. The van der Waals surface area contributed by atoms with E-state index in [1.165, 1.54) is 30.4 Å². The van der Waals surface area contributed by atoms with Gasteiger partial charge in [-0.3, -0.25) is 4.98 Å². The lowest BCUT2D eigenvalue weighted by Crippen LogP contribution is -2.12. The number of aromatic nitrogens is 1. The van der Waals surface area contributed by atoms with Crippen molar-refractivity contribution < 1.29 is 0 Å². The summed E-state index contributed by atoms with van der Waals surface area (Å²) in [7, 11) is 0. The van der Waals surface area contributed by atoms with Gasteiger partial charge in [0.25, 0.3) is 0 Å². The average Bonchev–Trinajstić information content (AvgIpc) is 2.07. The molecule has 1 atom stereocenters. The van der Waals surface area contributed by atoms with Crippen LogP contribution in [0.5, 0.6) is 0 Å². The molecule has 1 aromatic rings. The van der Waals surface area contributed by atoms with E-state index in [4.69, 9.17) is 0 Å². The van der Waals surface area contributed by atoms with Crippen LogP contribution in [0, 0.1) is 12.8 Å². The number of pyridine rings is 1. The van der Waals surface area contributed by atoms with Gasteiger partial charge in [-0.25, -0.2) is 0 Å². The van der Waals surface area contributed by atoms with Gasteiger partial charge in [-0.1, -0.05) is 6.92 Å². The lowest BCUT2D eigenvalue weighted by Gasteiger charge is -2.22. The highest BCUT2D eigenvalue weighted by molar-refractivity contribution is 5.33. The van der Waals surface area contributed by atoms with E-state index < -0.39 is 0 Å². The van der Waals surface area contributed by atoms with Gasteiger partial charge in [-0.15, -0.1) is 0 Å². The summed E-state index contributed by atoms with van der Waals surface area (Å²) in [5.74, 6) is 0.860. The Morgan fingerprint density at radius 1 is 1.42 bits per heavy atom. The highest BCUT2D eigenvalue weighted by Crippen LogP contribution is 2.26. The zero-order valence-corrected chi connectivity index (χ0v) is 7.80. The van der Waals surface area contributed by atoms with E-state index in [1.54, 1.807) is 5.56 Å². The van der Waals surface area contributed by atoms with Crippen LogP contribution >= 0.6 is 0 Å². The molecule has 0 N–H and O–H groups in total. The third kappa shape index (κ3) is 1.24. The predicted octanol–water partition coefficient (Wildman–Crippen LogP) is 2.51. The Balaban J connectivity index is 2.43. The molecule has 12 heavy (non-hydrogen) atoms. The van der Waals surface area contributed by atoms with Gasteiger partial charge in [-0.2, -0.15) is 0 Å². The molecular formula is C11H15N. The van der Waals surface area contributed by atoms with Crippen LogP contribution in [-0.4, -0.2) is 4.98 Å². The predicted molar refractivity (Wildman–Crippen MR) is 50.2 cm³/mol. The molecule has 0 aliphatic heterocycles. The molecule has 0 amide bonds. The molecule has 1 unspecified atom stereocenters. The van der Waals surface area contributed by atoms with Gasteiger partial charge in [0, 0.05) is 12.4 Å². The second kappa shape index (κ2) is 2.89. The van der Waals surface area contributed by atoms with Crippen molar-refractivity contribution in [2.24, 2.45) is 5.92 Å². The van der Waals surface area contributed by atoms with Gasteiger partial charge >= 0.3 is 0 Å². The highest BCUT2D eigenvalue weighted by atomic mass is 14.6. The van der Waals surface area contributed by atoms with Crippen molar-refractivity contribution in [1.29, 1.82) is 0 Å². The van der Waals surface area contributed by atoms with E-state index in [2.05, 4.69) is 18.8 Å². The lowest BCUT2D eigenvalue weighted by atomic mass is 9.84. The van der Waals surface area contributed by atoms with Crippen molar-refractivity contribution in [1.82, 2.24) is 4.98 Å². The molecule has 0 bridgehead atoms. The normalized spacial score (nSPS) is 22.0. The van der Waals surface area contributed by atoms with Crippen LogP contribution in [0.4, 0.5) is 0 Å². The molecule has 0 saturated carbocycles. The Bertz CT molecular complexity index is 291. The largest absolute Gasteiger partial charge is 0.264 e. The van der Waals surface area contributed by atoms with E-state index in [-0.39, 0.29) is 0 Å². The van der Waals surface area contributed by atoms with E-state index in [9.17, 15) is 0 Å². The van der Waals surface area contributed by atoms with Crippen LogP contribution in [-0.2, 0) is 12.8 Å². The first-order chi connectivity index (χ1) is 5.77. The molecular weight excluding hydrogens is 146 g/mol. The zero-order valence-electron chi connectivity index (χ0n) is 7.80. The van der Waals surface area contributed by atoms with Crippen LogP contribution in [0.15, 0.2) is 12.4 Å². The Kier molecular flexibility index (Phi) is 1.87. The Morgan fingerprint density at radius 2 is 2.25 bits per heavy atom. The van der Waals surface area contributed by atoms with Gasteiger partial charge in [0.05, 0.1) is 0 Å². The fourth-order valence-corrected chi connectivity index (χ4v) is 2.01. The third-order valence-corrected chi connectivity index (χ3v) is 2.82. The molecule has 1 aliphatic rings. The second-order valence-corrected chi connectivity index (χ2v) is 3.94. The molecule has 1 heterocycles. The SMILES string of the molecule is Cc1cncc2c1CC(C)CC2. The Labute approximate surface area is 73.8 Å². The van der Waals surface area contributed by atoms with Crippen molar-refractivity contribution in [3.05, 3.63) is 29.1 Å². The molecule has 1 aliphatic carbocycles. The highest BCUT2D eigenvalue weighted by Gasteiger charge is 2.16.